The van der Waals surface area contributed by atoms with Gasteiger partial charge in [-0.15, -0.1) is 22.7 Å². The number of aryl methyl sites for hydroxylation is 16. The normalized spacial score (nSPS) is 9.43. The standard InChI is InChI=1S/2C6H9NO.3C5H7NO.C5H7NS.C4H5NO.C4H5NS/c2*1-4-5(2)8-6(3)7-4;1-4-5(2)7-3-6-4;1-4-3-7-5(2)6-4;1-4-3-6-5(2)7-4;1-4-3-7-5(2)6-4;1-4-2-5-3-6-4;1-4-5-2-3-6-4/h2*1-3H3;4*3H,1-2H3;2*2-3H,1H3. The number of rotatable bonds is 0. The molecule has 0 saturated carbocycles. The molecule has 0 atom stereocenters. The van der Waals surface area contributed by atoms with Crippen LogP contribution in [0.1, 0.15) is 90.8 Å². The van der Waals surface area contributed by atoms with Crippen molar-refractivity contribution in [1.82, 2.24) is 39.9 Å². The molecule has 0 unspecified atom stereocenters. The zero-order valence-electron chi connectivity index (χ0n) is 35.5. The third kappa shape index (κ3) is 22.7. The number of hydrogen-bond donors (Lipinski definition) is 0. The largest absolute Gasteiger partial charge is 0.449 e. The second-order valence-electron chi connectivity index (χ2n) is 11.9. The van der Waals surface area contributed by atoms with E-state index >= 15 is 0 Å². The SMILES string of the molecule is Cc1cnc(C)o1.Cc1cnco1.Cc1coc(C)n1.Cc1csc(C)n1.Cc1nc(C)c(C)o1.Cc1nc(C)c(C)o1.Cc1nccs1.Cc1ncoc1C. The summed E-state index contributed by atoms with van der Waals surface area (Å²) in [7, 11) is 0. The van der Waals surface area contributed by atoms with Crippen LogP contribution in [0.4, 0.5) is 0 Å². The molecule has 0 amide bonds. The molecule has 0 aliphatic heterocycles. The molecule has 8 heterocycles. The summed E-state index contributed by atoms with van der Waals surface area (Å²) in [6.07, 6.45) is 9.67. The summed E-state index contributed by atoms with van der Waals surface area (Å²) < 4.78 is 29.6. The number of hydrogen-bond acceptors (Lipinski definition) is 16. The molecule has 8 aromatic rings. The number of thiazole rings is 2. The van der Waals surface area contributed by atoms with Gasteiger partial charge in [-0.05, 0) is 83.1 Å². The molecule has 0 saturated heterocycles. The quantitative estimate of drug-likeness (QED) is 0.141. The van der Waals surface area contributed by atoms with E-state index in [1.54, 1.807) is 47.5 Å². The Bertz CT molecular complexity index is 1880. The van der Waals surface area contributed by atoms with Crippen molar-refractivity contribution >= 4 is 22.7 Å². The molecule has 0 bridgehead atoms. The number of nitrogens with zero attached hydrogens (tertiary/aromatic N) is 8. The Hall–Kier alpha value is -5.48. The van der Waals surface area contributed by atoms with Gasteiger partial charge in [-0.2, -0.15) is 0 Å². The molecule has 8 rings (SSSR count). The van der Waals surface area contributed by atoms with E-state index in [0.717, 1.165) is 90.8 Å². The highest BCUT2D eigenvalue weighted by Gasteiger charge is 1.98. The second kappa shape index (κ2) is 26.3. The first-order valence-corrected chi connectivity index (χ1v) is 19.2. The lowest BCUT2D eigenvalue weighted by Crippen LogP contribution is -1.71. The van der Waals surface area contributed by atoms with E-state index in [1.807, 2.05) is 116 Å². The molecular formula is C40H56N8O6S2. The number of aromatic nitrogens is 8. The first kappa shape index (κ1) is 48.5. The van der Waals surface area contributed by atoms with Crippen molar-refractivity contribution in [2.24, 2.45) is 0 Å². The van der Waals surface area contributed by atoms with Gasteiger partial charge in [0, 0.05) is 50.3 Å². The Morgan fingerprint density at radius 1 is 0.446 bits per heavy atom. The highest BCUT2D eigenvalue weighted by molar-refractivity contribution is 7.09. The monoisotopic (exact) mass is 808 g/mol. The van der Waals surface area contributed by atoms with Crippen LogP contribution >= 0.6 is 22.7 Å². The summed E-state index contributed by atoms with van der Waals surface area (Å²) in [4.78, 5) is 31.5. The minimum atomic E-state index is 0.734. The van der Waals surface area contributed by atoms with Crippen LogP contribution in [0, 0.1) is 111 Å². The Morgan fingerprint density at radius 2 is 1.07 bits per heavy atom. The molecular weight excluding hydrogens is 753 g/mol. The van der Waals surface area contributed by atoms with Crippen molar-refractivity contribution < 1.29 is 26.5 Å². The van der Waals surface area contributed by atoms with E-state index < -0.39 is 0 Å². The fourth-order valence-corrected chi connectivity index (χ4v) is 4.64. The van der Waals surface area contributed by atoms with Crippen LogP contribution in [0.5, 0.6) is 0 Å². The van der Waals surface area contributed by atoms with Crippen LogP contribution in [-0.2, 0) is 0 Å². The van der Waals surface area contributed by atoms with E-state index in [2.05, 4.69) is 45.3 Å². The maximum absolute atomic E-state index is 5.10. The average molecular weight is 809 g/mol. The highest BCUT2D eigenvalue weighted by atomic mass is 32.1. The minimum absolute atomic E-state index is 0.734. The second-order valence-corrected chi connectivity index (χ2v) is 14.1. The van der Waals surface area contributed by atoms with Crippen molar-refractivity contribution in [1.29, 1.82) is 0 Å². The summed E-state index contributed by atoms with van der Waals surface area (Å²) in [6.45, 7) is 30.5. The van der Waals surface area contributed by atoms with Crippen molar-refractivity contribution in [3.8, 4) is 0 Å². The average Bonchev–Trinajstić information content (AvgIpc) is 4.01. The zero-order valence-corrected chi connectivity index (χ0v) is 37.1. The summed E-state index contributed by atoms with van der Waals surface area (Å²) in [6, 6.07) is 0. The van der Waals surface area contributed by atoms with Crippen molar-refractivity contribution in [2.75, 3.05) is 0 Å². The van der Waals surface area contributed by atoms with Gasteiger partial charge in [-0.1, -0.05) is 0 Å². The van der Waals surface area contributed by atoms with Gasteiger partial charge in [0.2, 0.25) is 0 Å². The molecule has 16 heteroatoms. The Kier molecular flexibility index (Phi) is 22.8. The molecule has 14 nitrogen and oxygen atoms in total. The van der Waals surface area contributed by atoms with E-state index in [1.165, 1.54) is 12.8 Å². The lowest BCUT2D eigenvalue weighted by molar-refractivity contribution is 0.493. The third-order valence-electron chi connectivity index (χ3n) is 6.57. The van der Waals surface area contributed by atoms with Crippen molar-refractivity contribution in [3.63, 3.8) is 0 Å². The fraction of sp³-hybridized carbons (Fsp3) is 0.400. The minimum Gasteiger partial charge on any atom is -0.449 e. The van der Waals surface area contributed by atoms with Crippen LogP contribution in [-0.4, -0.2) is 39.9 Å². The molecule has 0 spiro atoms. The van der Waals surface area contributed by atoms with E-state index in [9.17, 15) is 0 Å². The predicted octanol–water partition coefficient (Wildman–Crippen LogP) is 11.3. The molecule has 0 fully saturated rings. The topological polar surface area (TPSA) is 182 Å². The summed E-state index contributed by atoms with van der Waals surface area (Å²) in [5, 5.41) is 6.30. The Balaban J connectivity index is 0.000000321. The van der Waals surface area contributed by atoms with E-state index in [0.29, 0.717) is 0 Å². The molecule has 0 aliphatic rings. The first-order chi connectivity index (χ1) is 26.4. The third-order valence-corrected chi connectivity index (χ3v) is 8.17. The van der Waals surface area contributed by atoms with Crippen LogP contribution in [0.15, 0.2) is 74.9 Å². The van der Waals surface area contributed by atoms with Crippen LogP contribution in [0.25, 0.3) is 0 Å². The summed E-state index contributed by atoms with van der Waals surface area (Å²) >= 11 is 3.36. The summed E-state index contributed by atoms with van der Waals surface area (Å²) in [5.41, 5.74) is 5.02. The van der Waals surface area contributed by atoms with Crippen molar-refractivity contribution in [3.05, 3.63) is 139 Å². The molecule has 0 radical (unpaired) electrons. The smallest absolute Gasteiger partial charge is 0.191 e. The van der Waals surface area contributed by atoms with Gasteiger partial charge in [0.05, 0.1) is 45.2 Å². The van der Waals surface area contributed by atoms with Crippen LogP contribution in [0.2, 0.25) is 0 Å². The highest BCUT2D eigenvalue weighted by Crippen LogP contribution is 2.07. The zero-order chi connectivity index (χ0) is 42.2. The molecule has 304 valence electrons. The molecule has 0 aromatic carbocycles. The van der Waals surface area contributed by atoms with Crippen molar-refractivity contribution in [2.45, 2.75) is 111 Å². The first-order valence-electron chi connectivity index (χ1n) is 17.4. The molecule has 56 heavy (non-hydrogen) atoms. The molecule has 0 aliphatic carbocycles. The van der Waals surface area contributed by atoms with E-state index in [-0.39, 0.29) is 0 Å². The van der Waals surface area contributed by atoms with Gasteiger partial charge in [-0.25, -0.2) is 34.9 Å². The van der Waals surface area contributed by atoms with Crippen LogP contribution in [0.3, 0.4) is 0 Å². The number of oxazole rings is 6. The maximum atomic E-state index is 5.10. The predicted molar refractivity (Wildman–Crippen MR) is 219 cm³/mol. The van der Waals surface area contributed by atoms with Gasteiger partial charge in [0.25, 0.3) is 0 Å². The molecule has 8 aromatic heterocycles. The maximum Gasteiger partial charge on any atom is 0.191 e. The molecule has 0 N–H and O–H groups in total. The lowest BCUT2D eigenvalue weighted by atomic mass is 10.4. The van der Waals surface area contributed by atoms with Gasteiger partial charge < -0.3 is 26.5 Å². The van der Waals surface area contributed by atoms with Gasteiger partial charge >= 0.3 is 0 Å². The van der Waals surface area contributed by atoms with Gasteiger partial charge in [0.1, 0.15) is 35.1 Å². The van der Waals surface area contributed by atoms with Gasteiger partial charge in [-0.3, -0.25) is 4.98 Å². The van der Waals surface area contributed by atoms with Crippen LogP contribution < -0.4 is 0 Å². The lowest BCUT2D eigenvalue weighted by Gasteiger charge is -1.77. The van der Waals surface area contributed by atoms with Gasteiger partial charge in [0.15, 0.2) is 36.4 Å². The summed E-state index contributed by atoms with van der Waals surface area (Å²) in [5.74, 6) is 7.44. The Morgan fingerprint density at radius 3 is 1.20 bits per heavy atom. The Labute approximate surface area is 338 Å². The van der Waals surface area contributed by atoms with E-state index in [4.69, 9.17) is 26.5 Å². The fourth-order valence-electron chi connectivity index (χ4n) is 3.61.